The summed E-state index contributed by atoms with van der Waals surface area (Å²) in [5.74, 6) is -0.346. The molecule has 1 aromatic carbocycles. The van der Waals surface area contributed by atoms with Gasteiger partial charge in [0, 0.05) is 19.0 Å². The SMILES string of the molecule is CCCNCCc1nnc(Cc2ccc(F)cc2F)o1. The highest BCUT2D eigenvalue weighted by molar-refractivity contribution is 5.21. The van der Waals surface area contributed by atoms with Crippen molar-refractivity contribution in [3.8, 4) is 0 Å². The van der Waals surface area contributed by atoms with Gasteiger partial charge in [-0.3, -0.25) is 0 Å². The smallest absolute Gasteiger partial charge is 0.221 e. The molecule has 1 aromatic heterocycles. The molecule has 4 nitrogen and oxygen atoms in total. The highest BCUT2D eigenvalue weighted by atomic mass is 19.1. The summed E-state index contributed by atoms with van der Waals surface area (Å²) in [5, 5.41) is 11.0. The van der Waals surface area contributed by atoms with Gasteiger partial charge in [-0.1, -0.05) is 13.0 Å². The molecule has 0 radical (unpaired) electrons. The Bertz CT molecular complexity index is 557. The zero-order chi connectivity index (χ0) is 14.4. The van der Waals surface area contributed by atoms with Crippen molar-refractivity contribution in [3.05, 3.63) is 47.2 Å². The van der Waals surface area contributed by atoms with Gasteiger partial charge in [-0.2, -0.15) is 0 Å². The maximum atomic E-state index is 13.5. The lowest BCUT2D eigenvalue weighted by Gasteiger charge is -2.00. The lowest BCUT2D eigenvalue weighted by molar-refractivity contribution is 0.448. The zero-order valence-electron chi connectivity index (χ0n) is 11.3. The van der Waals surface area contributed by atoms with Crippen molar-refractivity contribution < 1.29 is 13.2 Å². The largest absolute Gasteiger partial charge is 0.425 e. The van der Waals surface area contributed by atoms with E-state index in [1.165, 1.54) is 12.1 Å². The average Bonchev–Trinajstić information content (AvgIpc) is 2.86. The van der Waals surface area contributed by atoms with Gasteiger partial charge in [0.25, 0.3) is 0 Å². The third kappa shape index (κ3) is 4.09. The Morgan fingerprint density at radius 1 is 1.15 bits per heavy atom. The highest BCUT2D eigenvalue weighted by Gasteiger charge is 2.10. The van der Waals surface area contributed by atoms with E-state index in [1.807, 2.05) is 0 Å². The van der Waals surface area contributed by atoms with Crippen LogP contribution in [-0.4, -0.2) is 23.3 Å². The van der Waals surface area contributed by atoms with Crippen LogP contribution in [-0.2, 0) is 12.8 Å². The molecule has 1 heterocycles. The van der Waals surface area contributed by atoms with Crippen LogP contribution in [0.3, 0.4) is 0 Å². The minimum atomic E-state index is -0.602. The van der Waals surface area contributed by atoms with E-state index in [2.05, 4.69) is 22.4 Å². The topological polar surface area (TPSA) is 51.0 Å². The van der Waals surface area contributed by atoms with Crippen LogP contribution in [0.15, 0.2) is 22.6 Å². The Kier molecular flexibility index (Phi) is 5.17. The quantitative estimate of drug-likeness (QED) is 0.792. The van der Waals surface area contributed by atoms with Crippen LogP contribution in [0.1, 0.15) is 30.7 Å². The molecular formula is C14H17F2N3O. The Balaban J connectivity index is 1.92. The van der Waals surface area contributed by atoms with Crippen molar-refractivity contribution in [3.63, 3.8) is 0 Å². The molecule has 108 valence electrons. The van der Waals surface area contributed by atoms with Gasteiger partial charge in [-0.15, -0.1) is 10.2 Å². The van der Waals surface area contributed by atoms with Crippen LogP contribution in [0.25, 0.3) is 0 Å². The Morgan fingerprint density at radius 3 is 2.70 bits per heavy atom. The van der Waals surface area contributed by atoms with Crippen molar-refractivity contribution in [1.29, 1.82) is 0 Å². The molecular weight excluding hydrogens is 264 g/mol. The average molecular weight is 281 g/mol. The lowest BCUT2D eigenvalue weighted by atomic mass is 10.1. The van der Waals surface area contributed by atoms with E-state index in [9.17, 15) is 8.78 Å². The maximum Gasteiger partial charge on any atom is 0.221 e. The Labute approximate surface area is 116 Å². The number of hydrogen-bond donors (Lipinski definition) is 1. The fraction of sp³-hybridized carbons (Fsp3) is 0.429. The van der Waals surface area contributed by atoms with Crippen molar-refractivity contribution in [2.45, 2.75) is 26.2 Å². The summed E-state index contributed by atoms with van der Waals surface area (Å²) in [4.78, 5) is 0. The lowest BCUT2D eigenvalue weighted by Crippen LogP contribution is -2.17. The molecule has 20 heavy (non-hydrogen) atoms. The number of aromatic nitrogens is 2. The third-order valence-electron chi connectivity index (χ3n) is 2.81. The van der Waals surface area contributed by atoms with Crippen LogP contribution in [0.4, 0.5) is 8.78 Å². The summed E-state index contributed by atoms with van der Waals surface area (Å²) in [7, 11) is 0. The van der Waals surface area contributed by atoms with Gasteiger partial charge in [0.05, 0.1) is 6.42 Å². The highest BCUT2D eigenvalue weighted by Crippen LogP contribution is 2.14. The first-order valence-electron chi connectivity index (χ1n) is 6.65. The molecule has 0 saturated carbocycles. The van der Waals surface area contributed by atoms with E-state index in [-0.39, 0.29) is 6.42 Å². The monoisotopic (exact) mass is 281 g/mol. The van der Waals surface area contributed by atoms with Crippen LogP contribution < -0.4 is 5.32 Å². The van der Waals surface area contributed by atoms with E-state index in [0.717, 1.165) is 25.6 Å². The van der Waals surface area contributed by atoms with Crippen LogP contribution >= 0.6 is 0 Å². The number of hydrogen-bond acceptors (Lipinski definition) is 4. The van der Waals surface area contributed by atoms with Gasteiger partial charge in [-0.25, -0.2) is 8.78 Å². The van der Waals surface area contributed by atoms with E-state index >= 15 is 0 Å². The first-order chi connectivity index (χ1) is 9.69. The molecule has 1 N–H and O–H groups in total. The fourth-order valence-corrected chi connectivity index (χ4v) is 1.79. The van der Waals surface area contributed by atoms with E-state index < -0.39 is 11.6 Å². The molecule has 0 unspecified atom stereocenters. The van der Waals surface area contributed by atoms with Crippen molar-refractivity contribution >= 4 is 0 Å². The second-order valence-electron chi connectivity index (χ2n) is 4.50. The van der Waals surface area contributed by atoms with E-state index in [1.54, 1.807) is 0 Å². The van der Waals surface area contributed by atoms with E-state index in [0.29, 0.717) is 23.8 Å². The molecule has 0 aliphatic heterocycles. The van der Waals surface area contributed by atoms with Gasteiger partial charge in [0.15, 0.2) is 0 Å². The summed E-state index contributed by atoms with van der Waals surface area (Å²) in [6, 6.07) is 3.45. The summed E-state index contributed by atoms with van der Waals surface area (Å²) in [5.41, 5.74) is 0.339. The molecule has 0 aliphatic carbocycles. The first-order valence-corrected chi connectivity index (χ1v) is 6.65. The second kappa shape index (κ2) is 7.09. The normalized spacial score (nSPS) is 10.9. The second-order valence-corrected chi connectivity index (χ2v) is 4.50. The summed E-state index contributed by atoms with van der Waals surface area (Å²) in [6.07, 6.45) is 1.87. The van der Waals surface area contributed by atoms with Gasteiger partial charge in [0.1, 0.15) is 11.6 Å². The number of nitrogens with one attached hydrogen (secondary N) is 1. The fourth-order valence-electron chi connectivity index (χ4n) is 1.79. The van der Waals surface area contributed by atoms with Gasteiger partial charge < -0.3 is 9.73 Å². The first kappa shape index (κ1) is 14.6. The molecule has 2 aromatic rings. The van der Waals surface area contributed by atoms with Gasteiger partial charge >= 0.3 is 0 Å². The molecule has 0 saturated heterocycles. The van der Waals surface area contributed by atoms with Gasteiger partial charge in [0.2, 0.25) is 11.8 Å². The molecule has 2 rings (SSSR count). The molecule has 0 amide bonds. The minimum absolute atomic E-state index is 0.168. The molecule has 0 atom stereocenters. The number of benzene rings is 1. The maximum absolute atomic E-state index is 13.5. The van der Waals surface area contributed by atoms with Crippen LogP contribution in [0, 0.1) is 11.6 Å². The Hall–Kier alpha value is -1.82. The summed E-state index contributed by atoms with van der Waals surface area (Å²) < 4.78 is 31.7. The summed E-state index contributed by atoms with van der Waals surface area (Å²) >= 11 is 0. The van der Waals surface area contributed by atoms with Gasteiger partial charge in [-0.05, 0) is 24.6 Å². The predicted molar refractivity (Wildman–Crippen MR) is 70.3 cm³/mol. The third-order valence-corrected chi connectivity index (χ3v) is 2.81. The standard InChI is InChI=1S/C14H17F2N3O/c1-2-6-17-7-5-13-18-19-14(20-13)8-10-3-4-11(15)9-12(10)16/h3-4,9,17H,2,5-8H2,1H3. The minimum Gasteiger partial charge on any atom is -0.425 e. The molecule has 0 fully saturated rings. The van der Waals surface area contributed by atoms with E-state index in [4.69, 9.17) is 4.42 Å². The molecule has 6 heteroatoms. The molecule has 0 spiro atoms. The van der Waals surface area contributed by atoms with Crippen molar-refractivity contribution in [2.24, 2.45) is 0 Å². The zero-order valence-corrected chi connectivity index (χ0v) is 11.3. The van der Waals surface area contributed by atoms with Crippen molar-refractivity contribution in [1.82, 2.24) is 15.5 Å². The van der Waals surface area contributed by atoms with Crippen LogP contribution in [0.2, 0.25) is 0 Å². The number of halogens is 2. The molecule has 0 bridgehead atoms. The van der Waals surface area contributed by atoms with Crippen molar-refractivity contribution in [2.75, 3.05) is 13.1 Å². The molecule has 0 aliphatic rings. The summed E-state index contributed by atoms with van der Waals surface area (Å²) in [6.45, 7) is 3.80. The van der Waals surface area contributed by atoms with Crippen LogP contribution in [0.5, 0.6) is 0 Å². The number of nitrogens with zero attached hydrogens (tertiary/aromatic N) is 2. The number of rotatable bonds is 7. The Morgan fingerprint density at radius 2 is 1.95 bits per heavy atom. The predicted octanol–water partition coefficient (Wildman–Crippen LogP) is 2.48.